The summed E-state index contributed by atoms with van der Waals surface area (Å²) in [6, 6.07) is 4.83. The van der Waals surface area contributed by atoms with Crippen LogP contribution < -0.4 is 10.1 Å². The summed E-state index contributed by atoms with van der Waals surface area (Å²) < 4.78 is 45.7. The second kappa shape index (κ2) is 11.8. The van der Waals surface area contributed by atoms with E-state index in [4.69, 9.17) is 4.74 Å². The number of thioether (sulfide) groups is 1. The first kappa shape index (κ1) is 26.3. The Morgan fingerprint density at radius 3 is 2.84 bits per heavy atom. The topological polar surface area (TPSA) is 50.3 Å². The van der Waals surface area contributed by atoms with Crippen LogP contribution >= 0.6 is 24.2 Å². The molecule has 0 aliphatic carbocycles. The van der Waals surface area contributed by atoms with E-state index < -0.39 is 11.7 Å². The van der Waals surface area contributed by atoms with Crippen LogP contribution in [0.1, 0.15) is 37.4 Å². The van der Waals surface area contributed by atoms with Crippen molar-refractivity contribution < 1.29 is 17.9 Å². The highest BCUT2D eigenvalue weighted by Crippen LogP contribution is 2.39. The van der Waals surface area contributed by atoms with Crippen LogP contribution in [0, 0.1) is 0 Å². The monoisotopic (exact) mass is 488 g/mol. The molecule has 1 aliphatic rings. The van der Waals surface area contributed by atoms with E-state index in [1.54, 1.807) is 18.5 Å². The lowest BCUT2D eigenvalue weighted by Crippen LogP contribution is -2.52. The van der Waals surface area contributed by atoms with E-state index in [-0.39, 0.29) is 24.4 Å². The molecule has 1 saturated heterocycles. The van der Waals surface area contributed by atoms with Gasteiger partial charge in [-0.3, -0.25) is 9.97 Å². The summed E-state index contributed by atoms with van der Waals surface area (Å²) in [7, 11) is 0. The van der Waals surface area contributed by atoms with Gasteiger partial charge in [0.2, 0.25) is 0 Å². The molecule has 1 N–H and O–H groups in total. The number of nitrogens with one attached hydrogen (secondary N) is 1. The van der Waals surface area contributed by atoms with E-state index in [2.05, 4.69) is 26.8 Å². The molecule has 1 fully saturated rings. The van der Waals surface area contributed by atoms with Crippen molar-refractivity contribution in [2.45, 2.75) is 43.3 Å². The first-order valence-electron chi connectivity index (χ1n) is 10.2. The molecule has 0 saturated carbocycles. The van der Waals surface area contributed by atoms with Crippen LogP contribution in [0.5, 0.6) is 5.75 Å². The smallest absolute Gasteiger partial charge is 0.417 e. The number of alkyl halides is 3. The Kier molecular flexibility index (Phi) is 9.66. The summed E-state index contributed by atoms with van der Waals surface area (Å²) in [4.78, 5) is 10.8. The molecule has 2 atom stereocenters. The highest BCUT2D eigenvalue weighted by atomic mass is 35.5. The molecule has 1 aliphatic heterocycles. The predicted octanol–water partition coefficient (Wildman–Crippen LogP) is 5.35. The molecule has 176 valence electrons. The lowest BCUT2D eigenvalue weighted by atomic mass is 10.0. The number of hydrogen-bond acceptors (Lipinski definition) is 6. The zero-order valence-electron chi connectivity index (χ0n) is 18.1. The average molecular weight is 489 g/mol. The fourth-order valence-electron chi connectivity index (χ4n) is 3.30. The van der Waals surface area contributed by atoms with Crippen LogP contribution in [0.4, 0.5) is 13.2 Å². The molecule has 0 radical (unpaired) electrons. The number of piperazine rings is 1. The minimum absolute atomic E-state index is 0. The minimum atomic E-state index is -4.44. The Balaban J connectivity index is 0.00000363. The van der Waals surface area contributed by atoms with Crippen LogP contribution in [0.3, 0.4) is 0 Å². The number of halogens is 4. The highest BCUT2D eigenvalue weighted by molar-refractivity contribution is 8.03. The molecule has 2 aromatic heterocycles. The fraction of sp³-hybridized carbons (Fsp3) is 0.455. The second-order valence-electron chi connectivity index (χ2n) is 7.46. The third-order valence-electron chi connectivity index (χ3n) is 5.26. The molecule has 3 heterocycles. The van der Waals surface area contributed by atoms with Gasteiger partial charge in [0.25, 0.3) is 0 Å². The van der Waals surface area contributed by atoms with Gasteiger partial charge >= 0.3 is 6.18 Å². The Bertz CT molecular complexity index is 885. The van der Waals surface area contributed by atoms with Crippen molar-refractivity contribution in [2.24, 2.45) is 0 Å². The van der Waals surface area contributed by atoms with Crippen molar-refractivity contribution in [1.82, 2.24) is 20.2 Å². The first-order chi connectivity index (χ1) is 14.8. The summed E-state index contributed by atoms with van der Waals surface area (Å²) in [6.45, 7) is 10.7. The standard InChI is InChI=1S/C22H27F3N4OS.ClH/c1-4-15(2)21-20(10-17(11-28-21)22(23,24)25)31-16(3)29-9-8-27-12-18(29)14-30-19-6-5-7-26-13-19;/h5-7,10-11,13,15,18,27H,3-4,8-9,12,14H2,1-2H3;1H. The summed E-state index contributed by atoms with van der Waals surface area (Å²) in [5, 5.41) is 4.03. The Morgan fingerprint density at radius 2 is 2.19 bits per heavy atom. The van der Waals surface area contributed by atoms with Crippen LogP contribution in [0.2, 0.25) is 0 Å². The molecular formula is C22H28ClF3N4OS. The molecule has 3 rings (SSSR count). The lowest BCUT2D eigenvalue weighted by molar-refractivity contribution is -0.138. The van der Waals surface area contributed by atoms with E-state index in [0.29, 0.717) is 41.1 Å². The molecular weight excluding hydrogens is 461 g/mol. The molecule has 0 aromatic carbocycles. The van der Waals surface area contributed by atoms with Crippen LogP contribution in [0.25, 0.3) is 0 Å². The first-order valence-corrected chi connectivity index (χ1v) is 11.0. The maximum Gasteiger partial charge on any atom is 0.417 e. The summed E-state index contributed by atoms with van der Waals surface area (Å²) in [5.41, 5.74) is -0.0773. The van der Waals surface area contributed by atoms with Gasteiger partial charge in [0.15, 0.2) is 0 Å². The SMILES string of the molecule is C=C(Sc1cc(C(F)(F)F)cnc1C(C)CC)N1CCNCC1COc1cccnc1.Cl. The highest BCUT2D eigenvalue weighted by Gasteiger charge is 2.33. The molecule has 2 unspecified atom stereocenters. The van der Waals surface area contributed by atoms with Gasteiger partial charge in [-0.05, 0) is 30.5 Å². The third kappa shape index (κ3) is 6.76. The van der Waals surface area contributed by atoms with Crippen molar-refractivity contribution >= 4 is 24.2 Å². The summed E-state index contributed by atoms with van der Waals surface area (Å²) in [5.74, 6) is 0.720. The molecule has 0 amide bonds. The van der Waals surface area contributed by atoms with E-state index in [0.717, 1.165) is 19.2 Å². The molecule has 0 bridgehead atoms. The molecule has 2 aromatic rings. The number of pyridine rings is 2. The van der Waals surface area contributed by atoms with E-state index in [1.807, 2.05) is 19.9 Å². The number of ether oxygens (including phenoxy) is 1. The summed E-state index contributed by atoms with van der Waals surface area (Å²) in [6.07, 6.45) is 0.596. The van der Waals surface area contributed by atoms with Crippen molar-refractivity contribution in [2.75, 3.05) is 26.2 Å². The van der Waals surface area contributed by atoms with Crippen molar-refractivity contribution in [3.63, 3.8) is 0 Å². The van der Waals surface area contributed by atoms with Gasteiger partial charge in [-0.2, -0.15) is 13.2 Å². The maximum atomic E-state index is 13.3. The zero-order valence-corrected chi connectivity index (χ0v) is 19.7. The Hall–Kier alpha value is -1.97. The van der Waals surface area contributed by atoms with Gasteiger partial charge in [0, 0.05) is 36.9 Å². The van der Waals surface area contributed by atoms with Crippen molar-refractivity contribution in [3.8, 4) is 5.75 Å². The Labute approximate surface area is 197 Å². The average Bonchev–Trinajstić information content (AvgIpc) is 2.77. The predicted molar refractivity (Wildman–Crippen MR) is 123 cm³/mol. The van der Waals surface area contributed by atoms with Gasteiger partial charge in [-0.1, -0.05) is 32.2 Å². The molecule has 5 nitrogen and oxygen atoms in total. The molecule has 0 spiro atoms. The lowest BCUT2D eigenvalue weighted by Gasteiger charge is -2.38. The number of rotatable bonds is 8. The number of hydrogen-bond donors (Lipinski definition) is 1. The number of aromatic nitrogens is 2. The zero-order chi connectivity index (χ0) is 22.4. The Morgan fingerprint density at radius 1 is 1.41 bits per heavy atom. The van der Waals surface area contributed by atoms with Crippen LogP contribution in [0.15, 0.2) is 53.3 Å². The molecule has 32 heavy (non-hydrogen) atoms. The van der Waals surface area contributed by atoms with E-state index in [9.17, 15) is 13.2 Å². The van der Waals surface area contributed by atoms with Gasteiger partial charge in [-0.25, -0.2) is 0 Å². The fourth-order valence-corrected chi connectivity index (χ4v) is 4.46. The molecule has 10 heteroatoms. The third-order valence-corrected chi connectivity index (χ3v) is 6.28. The van der Waals surface area contributed by atoms with E-state index >= 15 is 0 Å². The number of nitrogens with zero attached hydrogens (tertiary/aromatic N) is 3. The van der Waals surface area contributed by atoms with Crippen molar-refractivity contribution in [1.29, 1.82) is 0 Å². The normalized spacial score (nSPS) is 17.4. The summed E-state index contributed by atoms with van der Waals surface area (Å²) >= 11 is 1.25. The quantitative estimate of drug-likeness (QED) is 0.506. The van der Waals surface area contributed by atoms with Gasteiger partial charge in [0.1, 0.15) is 12.4 Å². The van der Waals surface area contributed by atoms with Crippen LogP contribution in [-0.2, 0) is 6.18 Å². The van der Waals surface area contributed by atoms with Gasteiger partial charge in [-0.15, -0.1) is 12.4 Å². The van der Waals surface area contributed by atoms with Crippen molar-refractivity contribution in [3.05, 3.63) is 59.7 Å². The second-order valence-corrected chi connectivity index (χ2v) is 8.58. The van der Waals surface area contributed by atoms with Gasteiger partial charge < -0.3 is 15.0 Å². The minimum Gasteiger partial charge on any atom is -0.490 e. The van der Waals surface area contributed by atoms with E-state index in [1.165, 1.54) is 17.8 Å². The maximum absolute atomic E-state index is 13.3. The largest absolute Gasteiger partial charge is 0.490 e. The van der Waals surface area contributed by atoms with Crippen LogP contribution in [-0.4, -0.2) is 47.2 Å². The van der Waals surface area contributed by atoms with Gasteiger partial charge in [0.05, 0.1) is 28.5 Å².